The van der Waals surface area contributed by atoms with Gasteiger partial charge in [0.1, 0.15) is 11.5 Å². The molecule has 0 radical (unpaired) electrons. The number of piperidine rings is 1. The number of piperazine rings is 1. The van der Waals surface area contributed by atoms with Gasteiger partial charge in [-0.25, -0.2) is 19.7 Å². The number of hydrogen-bond acceptors (Lipinski definition) is 11. The van der Waals surface area contributed by atoms with Crippen LogP contribution in [0.5, 0.6) is 0 Å². The van der Waals surface area contributed by atoms with E-state index >= 15 is 0 Å². The van der Waals surface area contributed by atoms with Crippen LogP contribution < -0.4 is 4.90 Å². The summed E-state index contributed by atoms with van der Waals surface area (Å²) in [6.45, 7) is 9.26. The fraction of sp³-hybridized carbons (Fsp3) is 0.357. The number of halogens is 3. The van der Waals surface area contributed by atoms with Crippen molar-refractivity contribution in [1.29, 1.82) is 0 Å². The zero-order chi connectivity index (χ0) is 40.2. The number of aromatic amines is 1. The predicted molar refractivity (Wildman–Crippen MR) is 214 cm³/mol. The van der Waals surface area contributed by atoms with Crippen molar-refractivity contribution in [2.75, 3.05) is 64.3 Å². The topological polar surface area (TPSA) is 143 Å². The minimum Gasteiger partial charge on any atom is -0.475 e. The number of likely N-dealkylation sites (tertiary alicyclic amines) is 2. The van der Waals surface area contributed by atoms with E-state index in [4.69, 9.17) is 29.8 Å². The number of fused-ring (bicyclic) bond motifs is 1. The first kappa shape index (κ1) is 39.0. The van der Waals surface area contributed by atoms with Crippen LogP contribution in [0, 0.1) is 0 Å². The molecule has 58 heavy (non-hydrogen) atoms. The highest BCUT2D eigenvalue weighted by Gasteiger charge is 2.38. The first-order valence-corrected chi connectivity index (χ1v) is 19.4. The Bertz CT molecular complexity index is 2310. The number of anilines is 1. The highest BCUT2D eigenvalue weighted by atomic mass is 19.4. The van der Waals surface area contributed by atoms with Gasteiger partial charge in [-0.1, -0.05) is 60.7 Å². The predicted octanol–water partition coefficient (Wildman–Crippen LogP) is 5.99. The number of nitrogens with zero attached hydrogens (tertiary/aromatic N) is 10. The quantitative estimate of drug-likeness (QED) is 0.187. The van der Waals surface area contributed by atoms with E-state index in [1.807, 2.05) is 24.4 Å². The summed E-state index contributed by atoms with van der Waals surface area (Å²) >= 11 is 0. The highest BCUT2D eigenvalue weighted by molar-refractivity contribution is 5.90. The van der Waals surface area contributed by atoms with Crippen LogP contribution in [0.25, 0.3) is 44.9 Å². The van der Waals surface area contributed by atoms with Gasteiger partial charge < -0.3 is 14.9 Å². The number of benzene rings is 2. The van der Waals surface area contributed by atoms with Crippen LogP contribution in [-0.4, -0.2) is 133 Å². The summed E-state index contributed by atoms with van der Waals surface area (Å²) in [5.74, 6) is 0.0343. The van der Waals surface area contributed by atoms with E-state index in [0.29, 0.717) is 17.8 Å². The molecule has 4 aromatic heterocycles. The lowest BCUT2D eigenvalue weighted by molar-refractivity contribution is -0.192. The standard InChI is InChI=1S/C40H43N11.C2HF3O2/c1-48-26-33(27-48)50-19-21-51(22-20-50)40-42-24-32-23-34(29-7-3-2-4-8-29)36(43-37(32)45-40)30-12-10-28(11-13-30)25-49-17-14-31(15-18-49)38-44-39(47-46-38)35-9-5-6-16-41-35;3-2(4,5)1(6)7/h2-13,16,23-24,31,33H,14-15,17-22,25-27H2,1H3,(H,44,46,47);(H,6,7). The number of likely N-dealkylation sites (N-methyl/N-ethyl adjacent to an activating group) is 1. The van der Waals surface area contributed by atoms with Gasteiger partial charge in [-0.2, -0.15) is 23.3 Å². The number of hydrogen-bond donors (Lipinski definition) is 2. The number of carbonyl (C=O) groups is 1. The maximum absolute atomic E-state index is 10.6. The molecular formula is C42H44F3N11O2. The van der Waals surface area contributed by atoms with Gasteiger partial charge in [-0.05, 0) is 62.3 Å². The summed E-state index contributed by atoms with van der Waals surface area (Å²) in [6.07, 6.45) is 0.740. The molecule has 13 nitrogen and oxygen atoms in total. The summed E-state index contributed by atoms with van der Waals surface area (Å²) < 4.78 is 31.7. The van der Waals surface area contributed by atoms with E-state index in [0.717, 1.165) is 110 Å². The number of rotatable bonds is 8. The van der Waals surface area contributed by atoms with Crippen LogP contribution in [0.3, 0.4) is 0 Å². The minimum absolute atomic E-state index is 0.382. The van der Waals surface area contributed by atoms with Crippen LogP contribution in [0.4, 0.5) is 19.1 Å². The van der Waals surface area contributed by atoms with E-state index in [1.165, 1.54) is 18.7 Å². The summed E-state index contributed by atoms with van der Waals surface area (Å²) in [5.41, 5.74) is 7.10. The van der Waals surface area contributed by atoms with E-state index in [2.05, 4.69) is 102 Å². The molecule has 0 amide bonds. The summed E-state index contributed by atoms with van der Waals surface area (Å²) in [4.78, 5) is 43.0. The van der Waals surface area contributed by atoms with Gasteiger partial charge in [0.05, 0.1) is 5.69 Å². The highest BCUT2D eigenvalue weighted by Crippen LogP contribution is 2.34. The Hall–Kier alpha value is -5.84. The second kappa shape index (κ2) is 16.9. The molecule has 2 aromatic carbocycles. The maximum atomic E-state index is 10.6. The molecule has 300 valence electrons. The van der Waals surface area contributed by atoms with Gasteiger partial charge in [-0.15, -0.1) is 0 Å². The molecule has 3 fully saturated rings. The SMILES string of the molecule is CN1CC(N2CCN(c3ncc4cc(-c5ccccc5)c(-c5ccc(CN6CCC(c7nc(-c8ccccn8)n[nH]7)CC6)cc5)nc4n3)CC2)C1.O=C(O)C(F)(F)F. The van der Waals surface area contributed by atoms with Crippen molar-refractivity contribution in [3.05, 3.63) is 103 Å². The van der Waals surface area contributed by atoms with E-state index in [1.54, 1.807) is 6.20 Å². The third kappa shape index (κ3) is 8.98. The van der Waals surface area contributed by atoms with E-state index < -0.39 is 12.1 Å². The molecule has 2 N–H and O–H groups in total. The molecule has 0 spiro atoms. The van der Waals surface area contributed by atoms with Crippen molar-refractivity contribution >= 4 is 23.0 Å². The third-order valence-electron chi connectivity index (χ3n) is 11.0. The van der Waals surface area contributed by atoms with Crippen LogP contribution in [-0.2, 0) is 11.3 Å². The molecule has 0 bridgehead atoms. The Balaban J connectivity index is 0.000000617. The molecule has 6 aromatic rings. The Morgan fingerprint density at radius 3 is 2.21 bits per heavy atom. The number of nitrogens with one attached hydrogen (secondary N) is 1. The molecular weight excluding hydrogens is 748 g/mol. The number of H-pyrrole nitrogens is 1. The fourth-order valence-electron chi connectivity index (χ4n) is 7.81. The van der Waals surface area contributed by atoms with Gasteiger partial charge in [0, 0.05) is 86.7 Å². The molecule has 0 unspecified atom stereocenters. The average molecular weight is 792 g/mol. The first-order chi connectivity index (χ1) is 28.1. The lowest BCUT2D eigenvalue weighted by Gasteiger charge is -2.46. The maximum Gasteiger partial charge on any atom is 0.490 e. The van der Waals surface area contributed by atoms with Crippen molar-refractivity contribution in [2.45, 2.75) is 37.5 Å². The molecule has 3 aliphatic heterocycles. The molecule has 3 aliphatic rings. The fourth-order valence-corrected chi connectivity index (χ4v) is 7.81. The minimum atomic E-state index is -5.08. The van der Waals surface area contributed by atoms with Crippen LogP contribution in [0.1, 0.15) is 30.1 Å². The average Bonchev–Trinajstić information content (AvgIpc) is 3.74. The van der Waals surface area contributed by atoms with Gasteiger partial charge in [0.15, 0.2) is 11.5 Å². The van der Waals surface area contributed by atoms with E-state index in [-0.39, 0.29) is 0 Å². The Kier molecular flexibility index (Phi) is 11.4. The van der Waals surface area contributed by atoms with Gasteiger partial charge in [0.2, 0.25) is 5.95 Å². The second-order valence-corrected chi connectivity index (χ2v) is 15.0. The third-order valence-corrected chi connectivity index (χ3v) is 11.0. The van der Waals surface area contributed by atoms with Crippen LogP contribution in [0.2, 0.25) is 0 Å². The number of aliphatic carboxylic acids is 1. The number of carboxylic acid groups (broad SMARTS) is 1. The van der Waals surface area contributed by atoms with E-state index in [9.17, 15) is 13.2 Å². The number of carboxylic acids is 1. The monoisotopic (exact) mass is 791 g/mol. The molecule has 9 rings (SSSR count). The molecule has 16 heteroatoms. The zero-order valence-electron chi connectivity index (χ0n) is 32.1. The molecule has 3 saturated heterocycles. The van der Waals surface area contributed by atoms with Crippen LogP contribution >= 0.6 is 0 Å². The van der Waals surface area contributed by atoms with Crippen molar-refractivity contribution in [3.63, 3.8) is 0 Å². The van der Waals surface area contributed by atoms with Crippen molar-refractivity contribution in [2.24, 2.45) is 0 Å². The Morgan fingerprint density at radius 1 is 0.845 bits per heavy atom. The molecule has 0 aliphatic carbocycles. The number of alkyl halides is 3. The first-order valence-electron chi connectivity index (χ1n) is 19.4. The molecule has 0 atom stereocenters. The smallest absolute Gasteiger partial charge is 0.475 e. The van der Waals surface area contributed by atoms with Crippen LogP contribution in [0.15, 0.2) is 91.3 Å². The number of aromatic nitrogens is 7. The Labute approximate surface area is 333 Å². The van der Waals surface area contributed by atoms with Gasteiger partial charge in [0.25, 0.3) is 0 Å². The van der Waals surface area contributed by atoms with Gasteiger partial charge in [-0.3, -0.25) is 19.9 Å². The molecule has 7 heterocycles. The zero-order valence-corrected chi connectivity index (χ0v) is 32.1. The lowest BCUT2D eigenvalue weighted by Crippen LogP contribution is -2.62. The number of pyridine rings is 2. The summed E-state index contributed by atoms with van der Waals surface area (Å²) in [6, 6.07) is 28.2. The summed E-state index contributed by atoms with van der Waals surface area (Å²) in [7, 11) is 2.19. The molecule has 0 saturated carbocycles. The van der Waals surface area contributed by atoms with Gasteiger partial charge >= 0.3 is 12.1 Å². The Morgan fingerprint density at radius 2 is 1.55 bits per heavy atom. The summed E-state index contributed by atoms with van der Waals surface area (Å²) in [5, 5.41) is 15.7. The van der Waals surface area contributed by atoms with Crippen molar-refractivity contribution in [3.8, 4) is 33.9 Å². The second-order valence-electron chi connectivity index (χ2n) is 15.0. The normalized spacial score (nSPS) is 17.5. The van der Waals surface area contributed by atoms with Crippen molar-refractivity contribution in [1.82, 2.24) is 49.8 Å². The lowest BCUT2D eigenvalue weighted by atomic mass is 9.95. The van der Waals surface area contributed by atoms with Crippen molar-refractivity contribution < 1.29 is 23.1 Å². The largest absolute Gasteiger partial charge is 0.490 e.